The summed E-state index contributed by atoms with van der Waals surface area (Å²) >= 11 is 0. The van der Waals surface area contributed by atoms with E-state index in [0.717, 1.165) is 35.4 Å². The van der Waals surface area contributed by atoms with E-state index < -0.39 is 0 Å². The number of urea groups is 1. The average Bonchev–Trinajstić information content (AvgIpc) is 2.47. The van der Waals surface area contributed by atoms with Crippen LogP contribution >= 0.6 is 0 Å². The number of amides is 2. The number of benzene rings is 1. The molecule has 4 nitrogen and oxygen atoms in total. The number of nitrogens with zero attached hydrogens (tertiary/aromatic N) is 1. The van der Waals surface area contributed by atoms with Crippen LogP contribution < -0.4 is 10.7 Å². The number of para-hydroxylation sites is 1. The molecule has 2 N–H and O–H groups in total. The van der Waals surface area contributed by atoms with Gasteiger partial charge in [0.2, 0.25) is 0 Å². The van der Waals surface area contributed by atoms with E-state index in [2.05, 4.69) is 28.5 Å². The Morgan fingerprint density at radius 1 is 1.33 bits per heavy atom. The van der Waals surface area contributed by atoms with Crippen LogP contribution in [0.3, 0.4) is 0 Å². The highest BCUT2D eigenvalue weighted by atomic mass is 16.2. The molecule has 0 saturated heterocycles. The van der Waals surface area contributed by atoms with Crippen LogP contribution in [0.2, 0.25) is 0 Å². The molecule has 2 amide bonds. The van der Waals surface area contributed by atoms with E-state index in [1.165, 1.54) is 0 Å². The number of carbonyl (C=O) groups is 1. The molecule has 0 aliphatic heterocycles. The highest BCUT2D eigenvalue weighted by Gasteiger charge is 2.18. The monoisotopic (exact) mass is 283 g/mol. The largest absolute Gasteiger partial charge is 0.339 e. The van der Waals surface area contributed by atoms with E-state index in [-0.39, 0.29) is 6.03 Å². The van der Waals surface area contributed by atoms with Crippen molar-refractivity contribution in [3.05, 3.63) is 54.1 Å². The lowest BCUT2D eigenvalue weighted by Gasteiger charge is -2.22. The summed E-state index contributed by atoms with van der Waals surface area (Å²) < 4.78 is 0. The first-order valence-electron chi connectivity index (χ1n) is 7.07. The Labute approximate surface area is 125 Å². The summed E-state index contributed by atoms with van der Waals surface area (Å²) in [6.07, 6.45) is 3.97. The predicted octanol–water partition coefficient (Wildman–Crippen LogP) is 4.10. The molecule has 0 aromatic heterocycles. The van der Waals surface area contributed by atoms with Gasteiger partial charge in [-0.05, 0) is 50.3 Å². The molecule has 0 radical (unpaired) electrons. The maximum absolute atomic E-state index is 11.8. The van der Waals surface area contributed by atoms with E-state index in [0.29, 0.717) is 5.92 Å². The lowest BCUT2D eigenvalue weighted by molar-refractivity contribution is 0.252. The van der Waals surface area contributed by atoms with Crippen LogP contribution in [0, 0.1) is 5.92 Å². The van der Waals surface area contributed by atoms with Gasteiger partial charge in [0.15, 0.2) is 0 Å². The zero-order valence-electron chi connectivity index (χ0n) is 12.5. The Morgan fingerprint density at radius 2 is 2.05 bits per heavy atom. The second kappa shape index (κ2) is 6.88. The zero-order chi connectivity index (χ0) is 15.2. The minimum absolute atomic E-state index is 0.334. The van der Waals surface area contributed by atoms with Crippen molar-refractivity contribution in [1.82, 2.24) is 5.43 Å². The number of hydrogen-bond acceptors (Lipinski definition) is 2. The molecule has 0 spiro atoms. The van der Waals surface area contributed by atoms with Gasteiger partial charge >= 0.3 is 6.03 Å². The molecule has 110 valence electrons. The molecule has 21 heavy (non-hydrogen) atoms. The minimum Gasteiger partial charge on any atom is -0.307 e. The first-order valence-corrected chi connectivity index (χ1v) is 7.07. The molecule has 1 aromatic carbocycles. The summed E-state index contributed by atoms with van der Waals surface area (Å²) in [5, 5.41) is 6.97. The lowest BCUT2D eigenvalue weighted by Crippen LogP contribution is -2.27. The fourth-order valence-electron chi connectivity index (χ4n) is 2.22. The third kappa shape index (κ3) is 4.31. The second-order valence-corrected chi connectivity index (χ2v) is 5.36. The molecule has 1 aliphatic rings. The van der Waals surface area contributed by atoms with Gasteiger partial charge in [0.25, 0.3) is 0 Å². The Kier molecular flexibility index (Phi) is 4.93. The van der Waals surface area contributed by atoms with Crippen LogP contribution in [0.1, 0.15) is 26.7 Å². The van der Waals surface area contributed by atoms with Crippen LogP contribution in [-0.2, 0) is 0 Å². The van der Waals surface area contributed by atoms with Gasteiger partial charge in [-0.2, -0.15) is 5.10 Å². The summed E-state index contributed by atoms with van der Waals surface area (Å²) in [7, 11) is 0. The molecule has 1 atom stereocenters. The molecule has 0 saturated carbocycles. The van der Waals surface area contributed by atoms with Crippen molar-refractivity contribution in [1.29, 1.82) is 0 Å². The quantitative estimate of drug-likeness (QED) is 0.637. The van der Waals surface area contributed by atoms with Crippen LogP contribution in [-0.4, -0.2) is 11.7 Å². The van der Waals surface area contributed by atoms with Gasteiger partial charge < -0.3 is 5.32 Å². The van der Waals surface area contributed by atoms with Gasteiger partial charge in [-0.15, -0.1) is 0 Å². The van der Waals surface area contributed by atoms with E-state index in [9.17, 15) is 4.79 Å². The fraction of sp³-hybridized carbons (Fsp3) is 0.294. The number of hydrogen-bond donors (Lipinski definition) is 2. The van der Waals surface area contributed by atoms with Crippen molar-refractivity contribution in [2.45, 2.75) is 26.7 Å². The fourth-order valence-corrected chi connectivity index (χ4v) is 2.22. The van der Waals surface area contributed by atoms with Crippen molar-refractivity contribution < 1.29 is 4.79 Å². The third-order valence-electron chi connectivity index (χ3n) is 3.62. The number of allylic oxidation sites excluding steroid dienone is 3. The first-order chi connectivity index (χ1) is 10.1. The number of hydrazone groups is 1. The second-order valence-electron chi connectivity index (χ2n) is 5.36. The Bertz CT molecular complexity index is 587. The van der Waals surface area contributed by atoms with Crippen molar-refractivity contribution in [2.24, 2.45) is 11.0 Å². The molecule has 1 aliphatic carbocycles. The Balaban J connectivity index is 1.96. The summed E-state index contributed by atoms with van der Waals surface area (Å²) in [6.45, 7) is 8.06. The van der Waals surface area contributed by atoms with Crippen molar-refractivity contribution in [2.75, 3.05) is 5.32 Å². The van der Waals surface area contributed by atoms with Gasteiger partial charge in [-0.1, -0.05) is 36.4 Å². The first kappa shape index (κ1) is 15.0. The van der Waals surface area contributed by atoms with Crippen LogP contribution in [0.5, 0.6) is 0 Å². The highest BCUT2D eigenvalue weighted by molar-refractivity contribution is 6.01. The number of nitrogens with one attached hydrogen (secondary N) is 2. The topological polar surface area (TPSA) is 53.5 Å². The SMILES string of the molecule is C=C(C)C1CC=C(C)/C(=N/NC(=O)Nc2ccccc2)C1. The number of carbonyl (C=O) groups excluding carboxylic acids is 1. The summed E-state index contributed by atoms with van der Waals surface area (Å²) in [5.74, 6) is 0.409. The van der Waals surface area contributed by atoms with Crippen molar-refractivity contribution >= 4 is 17.4 Å². The predicted molar refractivity (Wildman–Crippen MR) is 87.3 cm³/mol. The summed E-state index contributed by atoms with van der Waals surface area (Å²) in [5.41, 5.74) is 6.49. The van der Waals surface area contributed by atoms with Gasteiger partial charge in [0.1, 0.15) is 0 Å². The maximum atomic E-state index is 11.8. The van der Waals surface area contributed by atoms with Gasteiger partial charge in [0, 0.05) is 5.69 Å². The highest BCUT2D eigenvalue weighted by Crippen LogP contribution is 2.26. The molecule has 1 aromatic rings. The lowest BCUT2D eigenvalue weighted by atomic mass is 9.85. The molecular weight excluding hydrogens is 262 g/mol. The van der Waals surface area contributed by atoms with Crippen LogP contribution in [0.15, 0.2) is 59.2 Å². The van der Waals surface area contributed by atoms with Crippen LogP contribution in [0.4, 0.5) is 10.5 Å². The molecule has 0 bridgehead atoms. The maximum Gasteiger partial charge on any atom is 0.339 e. The molecule has 0 fully saturated rings. The van der Waals surface area contributed by atoms with Gasteiger partial charge in [-0.3, -0.25) is 0 Å². The molecule has 1 unspecified atom stereocenters. The molecule has 4 heteroatoms. The van der Waals surface area contributed by atoms with E-state index in [1.54, 1.807) is 0 Å². The molecule has 0 heterocycles. The minimum atomic E-state index is -0.334. The smallest absolute Gasteiger partial charge is 0.307 e. The molecule has 2 rings (SSSR count). The molecular formula is C17H21N3O. The van der Waals surface area contributed by atoms with E-state index >= 15 is 0 Å². The Hall–Kier alpha value is -2.36. The third-order valence-corrected chi connectivity index (χ3v) is 3.62. The van der Waals surface area contributed by atoms with E-state index in [4.69, 9.17) is 0 Å². The van der Waals surface area contributed by atoms with Gasteiger partial charge in [0.05, 0.1) is 5.71 Å². The van der Waals surface area contributed by atoms with Gasteiger partial charge in [-0.25, -0.2) is 10.2 Å². The van der Waals surface area contributed by atoms with Crippen molar-refractivity contribution in [3.63, 3.8) is 0 Å². The Morgan fingerprint density at radius 3 is 2.71 bits per heavy atom. The number of rotatable bonds is 3. The van der Waals surface area contributed by atoms with Crippen molar-refractivity contribution in [3.8, 4) is 0 Å². The van der Waals surface area contributed by atoms with E-state index in [1.807, 2.05) is 44.2 Å². The van der Waals surface area contributed by atoms with Crippen LogP contribution in [0.25, 0.3) is 0 Å². The average molecular weight is 283 g/mol. The zero-order valence-corrected chi connectivity index (χ0v) is 12.5. The normalized spacial score (nSPS) is 19.8. The number of anilines is 1. The summed E-state index contributed by atoms with van der Waals surface area (Å²) in [4.78, 5) is 11.8. The standard InChI is InChI=1S/C17H21N3O/c1-12(2)14-10-9-13(3)16(11-14)19-20-17(21)18-15-7-5-4-6-8-15/h4-9,14H,1,10-11H2,2-3H3,(H2,18,20,21)/b19-16+. The summed E-state index contributed by atoms with van der Waals surface area (Å²) in [6, 6.07) is 8.96.